The number of nitrogens with two attached hydrogens (primary N) is 1. The predicted octanol–water partition coefficient (Wildman–Crippen LogP) is 0.973. The Morgan fingerprint density at radius 3 is 2.06 bits per heavy atom. The molecule has 0 radical (unpaired) electrons. The summed E-state index contributed by atoms with van der Waals surface area (Å²) in [6.07, 6.45) is 8.06. The van der Waals surface area contributed by atoms with Gasteiger partial charge in [-0.15, -0.1) is 0 Å². The van der Waals surface area contributed by atoms with E-state index < -0.39 is 16.2 Å². The number of hydrogen-bond donors (Lipinski definition) is 4. The second kappa shape index (κ2) is 10.3. The summed E-state index contributed by atoms with van der Waals surface area (Å²) in [7, 11) is 0.179. The summed E-state index contributed by atoms with van der Waals surface area (Å²) in [5, 5.41) is 2.85. The standard InChI is InChI=1S/C18H26N4O3S.C5H12N2/c1-22-9-8-14(11-22)20-26(24,25)21-18(23)19-17-15-6-2-4-12(15)10-13-5-3-7-16(13)17;1-7-3-2-5(6)4-7/h10,14,20H,2-9,11H2,1H3,(H2,19,21,23);5H,2-4,6H2,1H3/t14-;5-/m00/s1. The summed E-state index contributed by atoms with van der Waals surface area (Å²) in [5.41, 5.74) is 11.4. The van der Waals surface area contributed by atoms with Gasteiger partial charge in [0.2, 0.25) is 0 Å². The Bertz CT molecular complexity index is 943. The zero-order valence-corrected chi connectivity index (χ0v) is 20.6. The Hall–Kier alpha value is -1.72. The molecule has 5 rings (SSSR count). The van der Waals surface area contributed by atoms with E-state index in [2.05, 4.69) is 37.7 Å². The second-order valence-electron chi connectivity index (χ2n) is 9.97. The highest BCUT2D eigenvalue weighted by Crippen LogP contribution is 2.38. The summed E-state index contributed by atoms with van der Waals surface area (Å²) in [6, 6.07) is 1.89. The van der Waals surface area contributed by atoms with Gasteiger partial charge in [-0.2, -0.15) is 13.1 Å². The molecule has 2 atom stereocenters. The maximum absolute atomic E-state index is 12.4. The summed E-state index contributed by atoms with van der Waals surface area (Å²) in [5.74, 6) is 0. The number of rotatable bonds is 4. The summed E-state index contributed by atoms with van der Waals surface area (Å²) in [4.78, 5) is 16.7. The smallest absolute Gasteiger partial charge is 0.326 e. The van der Waals surface area contributed by atoms with Crippen LogP contribution in [-0.4, -0.2) is 76.6 Å². The molecule has 0 aromatic heterocycles. The van der Waals surface area contributed by atoms with E-state index in [1.54, 1.807) is 0 Å². The third-order valence-electron chi connectivity index (χ3n) is 7.08. The van der Waals surface area contributed by atoms with E-state index in [-0.39, 0.29) is 6.04 Å². The Balaban J connectivity index is 0.000000318. The monoisotopic (exact) mass is 478 g/mol. The Labute approximate surface area is 197 Å². The number of nitrogens with zero attached hydrogens (tertiary/aromatic N) is 2. The van der Waals surface area contributed by atoms with E-state index in [0.29, 0.717) is 12.6 Å². The van der Waals surface area contributed by atoms with Crippen molar-refractivity contribution in [1.29, 1.82) is 0 Å². The fourth-order valence-electron chi connectivity index (χ4n) is 5.48. The highest BCUT2D eigenvalue weighted by Gasteiger charge is 2.28. The SMILES string of the molecule is CN1CC[C@H](N)C1.CN1CC[C@H](NS(=O)(=O)NC(=O)Nc2c3c(cc4c2CCC4)CCC3)C1. The number of hydrogen-bond acceptors (Lipinski definition) is 6. The van der Waals surface area contributed by atoms with Crippen molar-refractivity contribution in [2.24, 2.45) is 5.73 Å². The first-order chi connectivity index (χ1) is 15.7. The largest absolute Gasteiger partial charge is 0.333 e. The normalized spacial score (nSPS) is 24.8. The van der Waals surface area contributed by atoms with Crippen molar-refractivity contribution in [3.05, 3.63) is 28.3 Å². The molecule has 2 fully saturated rings. The van der Waals surface area contributed by atoms with Gasteiger partial charge in [-0.05, 0) is 101 Å². The van der Waals surface area contributed by atoms with Gasteiger partial charge in [0.25, 0.3) is 0 Å². The molecule has 5 N–H and O–H groups in total. The fourth-order valence-corrected chi connectivity index (χ4v) is 6.46. The Kier molecular flexibility index (Phi) is 7.59. The van der Waals surface area contributed by atoms with Gasteiger partial charge >= 0.3 is 16.2 Å². The number of anilines is 1. The van der Waals surface area contributed by atoms with Crippen molar-refractivity contribution in [3.63, 3.8) is 0 Å². The highest BCUT2D eigenvalue weighted by atomic mass is 32.2. The average Bonchev–Trinajstić information content (AvgIpc) is 3.51. The molecule has 0 spiro atoms. The molecule has 2 amide bonds. The number of urea groups is 1. The van der Waals surface area contributed by atoms with Crippen molar-refractivity contribution in [1.82, 2.24) is 19.2 Å². The number of fused-ring (bicyclic) bond motifs is 2. The van der Waals surface area contributed by atoms with Gasteiger partial charge in [0, 0.05) is 30.9 Å². The predicted molar refractivity (Wildman–Crippen MR) is 131 cm³/mol. The van der Waals surface area contributed by atoms with E-state index >= 15 is 0 Å². The number of benzene rings is 1. The van der Waals surface area contributed by atoms with Crippen LogP contribution in [0.25, 0.3) is 0 Å². The van der Waals surface area contributed by atoms with Crippen LogP contribution in [-0.2, 0) is 35.9 Å². The van der Waals surface area contributed by atoms with Crippen molar-refractivity contribution < 1.29 is 13.2 Å². The van der Waals surface area contributed by atoms with Crippen LogP contribution in [0.4, 0.5) is 10.5 Å². The molecule has 184 valence electrons. The lowest BCUT2D eigenvalue weighted by atomic mass is 9.99. The second-order valence-corrected chi connectivity index (χ2v) is 11.4. The van der Waals surface area contributed by atoms with E-state index in [1.165, 1.54) is 35.2 Å². The van der Waals surface area contributed by atoms with Crippen molar-refractivity contribution in [2.75, 3.05) is 45.6 Å². The van der Waals surface area contributed by atoms with Crippen LogP contribution in [0.2, 0.25) is 0 Å². The lowest BCUT2D eigenvalue weighted by Gasteiger charge is -2.18. The van der Waals surface area contributed by atoms with Gasteiger partial charge in [-0.25, -0.2) is 9.52 Å². The van der Waals surface area contributed by atoms with Crippen LogP contribution in [0.1, 0.15) is 47.9 Å². The van der Waals surface area contributed by atoms with Gasteiger partial charge < -0.3 is 20.9 Å². The van der Waals surface area contributed by atoms with Crippen LogP contribution in [0, 0.1) is 0 Å². The average molecular weight is 479 g/mol. The zero-order chi connectivity index (χ0) is 23.6. The number of carbonyl (C=O) groups excluding carboxylic acids is 1. The van der Waals surface area contributed by atoms with Crippen LogP contribution in [0.15, 0.2) is 6.07 Å². The molecule has 0 bridgehead atoms. The minimum atomic E-state index is -3.87. The molecule has 10 heteroatoms. The van der Waals surface area contributed by atoms with E-state index in [0.717, 1.165) is 63.7 Å². The molecular formula is C23H38N6O3S. The fraction of sp³-hybridized carbons (Fsp3) is 0.696. The molecule has 4 aliphatic rings. The number of carbonyl (C=O) groups is 1. The summed E-state index contributed by atoms with van der Waals surface area (Å²) < 4.78 is 29.2. The van der Waals surface area contributed by atoms with E-state index in [4.69, 9.17) is 5.73 Å². The molecule has 2 saturated heterocycles. The molecule has 2 heterocycles. The Morgan fingerprint density at radius 1 is 0.970 bits per heavy atom. The molecular weight excluding hydrogens is 440 g/mol. The quantitative estimate of drug-likeness (QED) is 0.512. The van der Waals surface area contributed by atoms with Gasteiger partial charge in [-0.1, -0.05) is 6.07 Å². The van der Waals surface area contributed by atoms with Crippen molar-refractivity contribution in [2.45, 2.75) is 63.5 Å². The minimum absolute atomic E-state index is 0.157. The molecule has 2 aliphatic carbocycles. The zero-order valence-electron chi connectivity index (χ0n) is 19.8. The van der Waals surface area contributed by atoms with Gasteiger partial charge in [-0.3, -0.25) is 0 Å². The minimum Gasteiger partial charge on any atom is -0.326 e. The summed E-state index contributed by atoms with van der Waals surface area (Å²) in [6.45, 7) is 3.77. The first-order valence-corrected chi connectivity index (χ1v) is 13.6. The lowest BCUT2D eigenvalue weighted by Crippen LogP contribution is -2.47. The van der Waals surface area contributed by atoms with Gasteiger partial charge in [0.15, 0.2) is 0 Å². The van der Waals surface area contributed by atoms with Gasteiger partial charge in [0.05, 0.1) is 0 Å². The van der Waals surface area contributed by atoms with Crippen LogP contribution >= 0.6 is 0 Å². The molecule has 1 aromatic carbocycles. The van der Waals surface area contributed by atoms with E-state index in [1.807, 2.05) is 7.05 Å². The molecule has 1 aromatic rings. The lowest BCUT2D eigenvalue weighted by molar-refractivity contribution is 0.256. The third kappa shape index (κ3) is 6.24. The first-order valence-electron chi connectivity index (χ1n) is 12.1. The van der Waals surface area contributed by atoms with Crippen molar-refractivity contribution >= 4 is 21.9 Å². The number of amides is 2. The van der Waals surface area contributed by atoms with Crippen molar-refractivity contribution in [3.8, 4) is 0 Å². The molecule has 0 unspecified atom stereocenters. The third-order valence-corrected chi connectivity index (χ3v) is 8.18. The first kappa shape index (κ1) is 24.4. The Morgan fingerprint density at radius 2 is 1.58 bits per heavy atom. The number of aryl methyl sites for hydroxylation is 2. The van der Waals surface area contributed by atoms with Crippen LogP contribution in [0.5, 0.6) is 0 Å². The van der Waals surface area contributed by atoms with Crippen LogP contribution in [0.3, 0.4) is 0 Å². The highest BCUT2D eigenvalue weighted by molar-refractivity contribution is 7.88. The maximum Gasteiger partial charge on any atom is 0.333 e. The topological polar surface area (TPSA) is 120 Å². The summed E-state index contributed by atoms with van der Waals surface area (Å²) >= 11 is 0. The molecule has 0 saturated carbocycles. The molecule has 2 aliphatic heterocycles. The van der Waals surface area contributed by atoms with Crippen LogP contribution < -0.4 is 20.5 Å². The maximum atomic E-state index is 12.4. The molecule has 9 nitrogen and oxygen atoms in total. The van der Waals surface area contributed by atoms with E-state index in [9.17, 15) is 13.2 Å². The number of likely N-dealkylation sites (tertiary alicyclic amines) is 2. The number of nitrogens with one attached hydrogen (secondary N) is 3. The molecule has 33 heavy (non-hydrogen) atoms. The van der Waals surface area contributed by atoms with Gasteiger partial charge in [0.1, 0.15) is 0 Å². The number of likely N-dealkylation sites (N-methyl/N-ethyl adjacent to an activating group) is 2.